The van der Waals surface area contributed by atoms with Gasteiger partial charge in [0.15, 0.2) is 0 Å². The third-order valence-electron chi connectivity index (χ3n) is 6.20. The summed E-state index contributed by atoms with van der Waals surface area (Å²) in [4.78, 5) is 4.31. The van der Waals surface area contributed by atoms with E-state index in [2.05, 4.69) is 73.6 Å². The van der Waals surface area contributed by atoms with Crippen LogP contribution in [0.3, 0.4) is 0 Å². The highest BCUT2D eigenvalue weighted by Crippen LogP contribution is 2.41. The molecule has 0 spiro atoms. The molecule has 3 heterocycles. The van der Waals surface area contributed by atoms with Crippen molar-refractivity contribution in [1.29, 1.82) is 0 Å². The first kappa shape index (κ1) is 24.0. The van der Waals surface area contributed by atoms with Gasteiger partial charge < -0.3 is 9.31 Å². The highest BCUT2D eigenvalue weighted by atomic mass is 32.1. The fraction of sp³-hybridized carbons (Fsp3) is 0.680. The molecule has 0 aliphatic carbocycles. The van der Waals surface area contributed by atoms with Gasteiger partial charge in [0.2, 0.25) is 0 Å². The molecule has 1 aliphatic heterocycles. The Hall–Kier alpha value is -0.615. The predicted octanol–water partition coefficient (Wildman–Crippen LogP) is 7.49. The van der Waals surface area contributed by atoms with Gasteiger partial charge in [-0.15, -0.1) is 22.7 Å². The maximum Gasteiger partial charge on any atom is 0.505 e. The minimum atomic E-state index is -0.305. The largest absolute Gasteiger partial charge is 0.505 e. The number of unbranched alkanes of at least 4 members (excludes halogenated alkanes) is 3. The van der Waals surface area contributed by atoms with Crippen LogP contribution in [0.5, 0.6) is 0 Å². The van der Waals surface area contributed by atoms with Gasteiger partial charge in [-0.2, -0.15) is 0 Å². The van der Waals surface area contributed by atoms with E-state index in [0.717, 1.165) is 6.42 Å². The molecule has 5 heteroatoms. The van der Waals surface area contributed by atoms with Gasteiger partial charge in [-0.1, -0.05) is 47.0 Å². The van der Waals surface area contributed by atoms with E-state index in [9.17, 15) is 0 Å². The monoisotopic (exact) mass is 446 g/mol. The second-order valence-corrected chi connectivity index (χ2v) is 13.2. The SMILES string of the molecule is CCCCCCc1ccc(-c2sc(B3OC(C)(C)C(C)(C)O3)cc2CC(C)(C)C)s1. The lowest BCUT2D eigenvalue weighted by molar-refractivity contribution is 0.00578. The van der Waals surface area contributed by atoms with E-state index in [0.29, 0.717) is 0 Å². The summed E-state index contributed by atoms with van der Waals surface area (Å²) in [5.74, 6) is 0. The molecule has 2 aromatic heterocycles. The van der Waals surface area contributed by atoms with E-state index < -0.39 is 0 Å². The maximum atomic E-state index is 6.36. The van der Waals surface area contributed by atoms with E-state index in [1.165, 1.54) is 57.1 Å². The molecule has 0 bridgehead atoms. The van der Waals surface area contributed by atoms with Gasteiger partial charge in [0.25, 0.3) is 0 Å². The molecule has 0 amide bonds. The van der Waals surface area contributed by atoms with Crippen LogP contribution in [0.2, 0.25) is 0 Å². The van der Waals surface area contributed by atoms with Crippen LogP contribution in [0, 0.1) is 5.41 Å². The Morgan fingerprint density at radius 3 is 2.20 bits per heavy atom. The topological polar surface area (TPSA) is 18.5 Å². The summed E-state index contributed by atoms with van der Waals surface area (Å²) in [5.41, 5.74) is 1.06. The first-order chi connectivity index (χ1) is 13.9. The summed E-state index contributed by atoms with van der Waals surface area (Å²) in [6.07, 6.45) is 7.53. The van der Waals surface area contributed by atoms with Crippen LogP contribution in [-0.4, -0.2) is 18.3 Å². The van der Waals surface area contributed by atoms with Crippen molar-refractivity contribution < 1.29 is 9.31 Å². The summed E-state index contributed by atoms with van der Waals surface area (Å²) < 4.78 is 13.9. The van der Waals surface area contributed by atoms with Gasteiger partial charge in [-0.25, -0.2) is 0 Å². The Labute approximate surface area is 192 Å². The molecule has 0 unspecified atom stereocenters. The first-order valence-corrected chi connectivity index (χ1v) is 13.1. The van der Waals surface area contributed by atoms with Gasteiger partial charge in [0.1, 0.15) is 0 Å². The molecule has 2 aromatic rings. The lowest BCUT2D eigenvalue weighted by Gasteiger charge is -2.32. The smallest absolute Gasteiger partial charge is 0.399 e. The molecule has 1 aliphatic rings. The quantitative estimate of drug-likeness (QED) is 0.309. The Bertz CT molecular complexity index is 826. The normalized spacial score (nSPS) is 18.3. The van der Waals surface area contributed by atoms with Crippen LogP contribution >= 0.6 is 22.7 Å². The van der Waals surface area contributed by atoms with Crippen molar-refractivity contribution in [2.75, 3.05) is 0 Å². The van der Waals surface area contributed by atoms with E-state index in [-0.39, 0.29) is 23.7 Å². The lowest BCUT2D eigenvalue weighted by Crippen LogP contribution is -2.41. The standard InChI is InChI=1S/C25H39BO2S2/c1-9-10-11-12-13-19-14-15-20(29-19)22-18(17-23(2,3)4)16-21(30-22)26-27-24(5,6)25(7,8)28-26/h14-16H,9-13,17H2,1-8H3. The fourth-order valence-corrected chi connectivity index (χ4v) is 6.13. The van der Waals surface area contributed by atoms with E-state index in [4.69, 9.17) is 9.31 Å². The van der Waals surface area contributed by atoms with E-state index >= 15 is 0 Å². The van der Waals surface area contributed by atoms with Crippen molar-refractivity contribution >= 4 is 34.6 Å². The number of thiophene rings is 2. The maximum absolute atomic E-state index is 6.36. The molecule has 166 valence electrons. The molecule has 1 fully saturated rings. The van der Waals surface area contributed by atoms with Crippen molar-refractivity contribution in [3.05, 3.63) is 28.6 Å². The molecule has 0 radical (unpaired) electrons. The molecule has 2 nitrogen and oxygen atoms in total. The molecular weight excluding hydrogens is 407 g/mol. The Morgan fingerprint density at radius 1 is 0.933 bits per heavy atom. The summed E-state index contributed by atoms with van der Waals surface area (Å²) >= 11 is 3.83. The number of rotatable bonds is 8. The molecule has 0 saturated carbocycles. The van der Waals surface area contributed by atoms with Gasteiger partial charge >= 0.3 is 7.12 Å². The van der Waals surface area contributed by atoms with Crippen LogP contribution in [-0.2, 0) is 22.2 Å². The zero-order valence-corrected chi connectivity index (χ0v) is 21.8. The van der Waals surface area contributed by atoms with Crippen LogP contribution < -0.4 is 4.78 Å². The second kappa shape index (κ2) is 9.09. The Kier molecular flexibility index (Phi) is 7.28. The number of hydrogen-bond acceptors (Lipinski definition) is 4. The summed E-state index contributed by atoms with van der Waals surface area (Å²) in [7, 11) is -0.277. The molecule has 0 N–H and O–H groups in total. The molecule has 0 aromatic carbocycles. The summed E-state index contributed by atoms with van der Waals surface area (Å²) in [6.45, 7) is 17.7. The average molecular weight is 447 g/mol. The minimum Gasteiger partial charge on any atom is -0.399 e. The van der Waals surface area contributed by atoms with Crippen LogP contribution in [0.1, 0.15) is 91.5 Å². The zero-order chi connectivity index (χ0) is 22.2. The van der Waals surface area contributed by atoms with E-state index in [1.807, 2.05) is 22.7 Å². The molecule has 30 heavy (non-hydrogen) atoms. The van der Waals surface area contributed by atoms with Crippen molar-refractivity contribution in [2.24, 2.45) is 5.41 Å². The molecule has 3 rings (SSSR count). The van der Waals surface area contributed by atoms with E-state index in [1.54, 1.807) is 0 Å². The van der Waals surface area contributed by atoms with Gasteiger partial charge in [0.05, 0.1) is 11.2 Å². The molecular formula is C25H39BO2S2. The van der Waals surface area contributed by atoms with Crippen molar-refractivity contribution in [2.45, 2.75) is 105 Å². The molecule has 1 saturated heterocycles. The predicted molar refractivity (Wildman–Crippen MR) is 134 cm³/mol. The highest BCUT2D eigenvalue weighted by Gasteiger charge is 2.52. The van der Waals surface area contributed by atoms with Crippen LogP contribution in [0.4, 0.5) is 0 Å². The highest BCUT2D eigenvalue weighted by molar-refractivity contribution is 7.28. The van der Waals surface area contributed by atoms with Crippen LogP contribution in [0.15, 0.2) is 18.2 Å². The molecule has 0 atom stereocenters. The van der Waals surface area contributed by atoms with Gasteiger partial charge in [0, 0.05) is 19.4 Å². The summed E-state index contributed by atoms with van der Waals surface area (Å²) in [5, 5.41) is 0. The summed E-state index contributed by atoms with van der Waals surface area (Å²) in [6, 6.07) is 7.00. The third-order valence-corrected chi connectivity index (χ3v) is 8.72. The van der Waals surface area contributed by atoms with Gasteiger partial charge in [-0.3, -0.25) is 0 Å². The first-order valence-electron chi connectivity index (χ1n) is 11.5. The van der Waals surface area contributed by atoms with Crippen molar-refractivity contribution in [1.82, 2.24) is 0 Å². The lowest BCUT2D eigenvalue weighted by atomic mass is 9.84. The second-order valence-electron chi connectivity index (χ2n) is 10.9. The van der Waals surface area contributed by atoms with Crippen molar-refractivity contribution in [3.63, 3.8) is 0 Å². The average Bonchev–Trinajstić information content (AvgIpc) is 3.27. The number of hydrogen-bond donors (Lipinski definition) is 0. The number of aryl methyl sites for hydroxylation is 1. The van der Waals surface area contributed by atoms with Gasteiger partial charge in [-0.05, 0) is 76.1 Å². The Morgan fingerprint density at radius 2 is 1.60 bits per heavy atom. The minimum absolute atomic E-state index is 0.239. The zero-order valence-electron chi connectivity index (χ0n) is 20.2. The van der Waals surface area contributed by atoms with Crippen molar-refractivity contribution in [3.8, 4) is 9.75 Å². The Balaban J connectivity index is 1.86. The fourth-order valence-electron chi connectivity index (χ4n) is 3.80. The van der Waals surface area contributed by atoms with Crippen LogP contribution in [0.25, 0.3) is 9.75 Å². The third kappa shape index (κ3) is 5.59.